The molecule has 0 aromatic heterocycles. The number of carbonyl (C=O) groups excluding carboxylic acids is 1. The van der Waals surface area contributed by atoms with E-state index in [9.17, 15) is 4.79 Å². The van der Waals surface area contributed by atoms with Gasteiger partial charge in [0.25, 0.3) is 0 Å². The Balaban J connectivity index is 1.50. The van der Waals surface area contributed by atoms with Gasteiger partial charge in [0.15, 0.2) is 0 Å². The van der Waals surface area contributed by atoms with Crippen molar-refractivity contribution in [2.45, 2.75) is 112 Å². The van der Waals surface area contributed by atoms with E-state index in [0.717, 1.165) is 42.4 Å². The first-order valence-electron chi connectivity index (χ1n) is 13.2. The van der Waals surface area contributed by atoms with Crippen molar-refractivity contribution >= 4 is 5.97 Å². The highest BCUT2D eigenvalue weighted by atomic mass is 16.5. The monoisotopic (exact) mass is 426 g/mol. The Kier molecular flexibility index (Phi) is 6.50. The summed E-state index contributed by atoms with van der Waals surface area (Å²) in [6.07, 6.45) is 17.1. The number of allylic oxidation sites excluding steroid dienone is 3. The first kappa shape index (κ1) is 23.1. The van der Waals surface area contributed by atoms with Crippen LogP contribution >= 0.6 is 0 Å². The Morgan fingerprint density at radius 3 is 2.65 bits per heavy atom. The molecule has 31 heavy (non-hydrogen) atoms. The molecule has 3 fully saturated rings. The second-order valence-electron chi connectivity index (χ2n) is 12.2. The van der Waals surface area contributed by atoms with Crippen molar-refractivity contribution in [1.29, 1.82) is 0 Å². The summed E-state index contributed by atoms with van der Waals surface area (Å²) in [7, 11) is 0. The minimum absolute atomic E-state index is 0.0319. The second-order valence-corrected chi connectivity index (χ2v) is 12.2. The van der Waals surface area contributed by atoms with Crippen LogP contribution in [0.15, 0.2) is 23.3 Å². The fourth-order valence-electron chi connectivity index (χ4n) is 8.56. The number of hydrogen-bond acceptors (Lipinski definition) is 2. The van der Waals surface area contributed by atoms with Crippen LogP contribution in [0.4, 0.5) is 0 Å². The number of esters is 1. The number of ether oxygens (including phenoxy) is 1. The van der Waals surface area contributed by atoms with E-state index in [-0.39, 0.29) is 12.1 Å². The molecule has 4 rings (SSSR count). The lowest BCUT2D eigenvalue weighted by atomic mass is 9.47. The molecule has 0 unspecified atom stereocenters. The molecule has 4 aliphatic rings. The van der Waals surface area contributed by atoms with Gasteiger partial charge in [-0.3, -0.25) is 4.79 Å². The third-order valence-electron chi connectivity index (χ3n) is 10.3. The smallest absolute Gasteiger partial charge is 0.305 e. The molecule has 0 spiro atoms. The van der Waals surface area contributed by atoms with Gasteiger partial charge in [-0.25, -0.2) is 0 Å². The zero-order valence-corrected chi connectivity index (χ0v) is 21.0. The van der Waals surface area contributed by atoms with Crippen LogP contribution in [0, 0.1) is 40.4 Å². The van der Waals surface area contributed by atoms with Gasteiger partial charge in [0.2, 0.25) is 0 Å². The number of fused-ring (bicyclic) bond motifs is 5. The Morgan fingerprint density at radius 1 is 1.16 bits per heavy atom. The average molecular weight is 427 g/mol. The predicted octanol–water partition coefficient (Wildman–Crippen LogP) is 7.88. The molecule has 0 aromatic rings. The number of carbonyl (C=O) groups is 1. The molecule has 0 N–H and O–H groups in total. The summed E-state index contributed by atoms with van der Waals surface area (Å²) in [6.45, 7) is 14.1. The fourth-order valence-corrected chi connectivity index (χ4v) is 8.56. The van der Waals surface area contributed by atoms with E-state index in [4.69, 9.17) is 4.74 Å². The normalized spacial score (nSPS) is 42.5. The molecule has 0 heterocycles. The lowest BCUT2D eigenvalue weighted by Crippen LogP contribution is -2.51. The Hall–Kier alpha value is -1.05. The highest BCUT2D eigenvalue weighted by molar-refractivity contribution is 5.69. The van der Waals surface area contributed by atoms with Crippen molar-refractivity contribution in [2.24, 2.45) is 40.4 Å². The Bertz CT molecular complexity index is 744. The zero-order chi connectivity index (χ0) is 22.4. The van der Waals surface area contributed by atoms with Crippen LogP contribution in [-0.2, 0) is 9.53 Å². The first-order valence-corrected chi connectivity index (χ1v) is 13.2. The molecule has 4 aliphatic carbocycles. The molecule has 0 saturated heterocycles. The maximum Gasteiger partial charge on any atom is 0.305 e. The number of rotatable bonds is 5. The second kappa shape index (κ2) is 8.71. The average Bonchev–Trinajstić information content (AvgIpc) is 3.09. The molecular weight excluding hydrogens is 380 g/mol. The molecule has 3 saturated carbocycles. The van der Waals surface area contributed by atoms with Crippen LogP contribution in [-0.4, -0.2) is 12.1 Å². The molecule has 8 atom stereocenters. The summed E-state index contributed by atoms with van der Waals surface area (Å²) in [4.78, 5) is 11.8. The summed E-state index contributed by atoms with van der Waals surface area (Å²) in [6, 6.07) is 0. The zero-order valence-electron chi connectivity index (χ0n) is 21.0. The van der Waals surface area contributed by atoms with Gasteiger partial charge < -0.3 is 4.74 Å². The van der Waals surface area contributed by atoms with E-state index in [1.807, 2.05) is 6.92 Å². The standard InChI is InChI=1S/C29H46O2/c1-7-27(30)31-22-14-16-28(5)21(18-22)10-11-23-25-13-12-24(20(4)9-8-19(2)3)29(25,6)17-15-26(23)28/h8,10,20,22-26H,7,9,11-18H2,1-6H3/t20-,22+,23-,24-,25-,26+,28+,29-/m1/s1. The SMILES string of the molecule is CCC(=O)O[C@H]1CC[C@@]2(C)C(=CC[C@@H]3[C@H]4CC[C@H]([C@H](C)CC=C(C)C)[C@@]4(C)CC[C@@H]32)C1. The van der Waals surface area contributed by atoms with E-state index >= 15 is 0 Å². The highest BCUT2D eigenvalue weighted by Crippen LogP contribution is 2.67. The Morgan fingerprint density at radius 2 is 1.94 bits per heavy atom. The molecule has 2 nitrogen and oxygen atoms in total. The first-order chi connectivity index (χ1) is 14.7. The van der Waals surface area contributed by atoms with Crippen LogP contribution < -0.4 is 0 Å². The van der Waals surface area contributed by atoms with Crippen molar-refractivity contribution in [3.63, 3.8) is 0 Å². The van der Waals surface area contributed by atoms with Gasteiger partial charge in [-0.2, -0.15) is 0 Å². The fraction of sp³-hybridized carbons (Fsp3) is 0.828. The molecule has 2 heteroatoms. The van der Waals surface area contributed by atoms with Crippen molar-refractivity contribution in [2.75, 3.05) is 0 Å². The van der Waals surface area contributed by atoms with Gasteiger partial charge >= 0.3 is 5.97 Å². The van der Waals surface area contributed by atoms with Crippen LogP contribution in [0.2, 0.25) is 0 Å². The van der Waals surface area contributed by atoms with Gasteiger partial charge in [0.1, 0.15) is 6.10 Å². The minimum atomic E-state index is -0.0319. The molecule has 0 bridgehead atoms. The van der Waals surface area contributed by atoms with E-state index < -0.39 is 0 Å². The quantitative estimate of drug-likeness (QED) is 0.330. The van der Waals surface area contributed by atoms with Crippen LogP contribution in [0.5, 0.6) is 0 Å². The van der Waals surface area contributed by atoms with Crippen LogP contribution in [0.1, 0.15) is 106 Å². The lowest BCUT2D eigenvalue weighted by Gasteiger charge is -2.58. The van der Waals surface area contributed by atoms with Gasteiger partial charge in [0.05, 0.1) is 0 Å². The third kappa shape index (κ3) is 4.06. The molecular formula is C29H46O2. The van der Waals surface area contributed by atoms with Gasteiger partial charge in [-0.05, 0) is 106 Å². The maximum absolute atomic E-state index is 11.8. The number of hydrogen-bond donors (Lipinski definition) is 0. The van der Waals surface area contributed by atoms with Crippen molar-refractivity contribution in [3.8, 4) is 0 Å². The Labute approximate surface area is 191 Å². The lowest BCUT2D eigenvalue weighted by molar-refractivity contribution is -0.151. The van der Waals surface area contributed by atoms with Crippen molar-refractivity contribution in [1.82, 2.24) is 0 Å². The van der Waals surface area contributed by atoms with Crippen LogP contribution in [0.3, 0.4) is 0 Å². The molecule has 174 valence electrons. The van der Waals surface area contributed by atoms with E-state index in [1.54, 1.807) is 5.57 Å². The van der Waals surface area contributed by atoms with Crippen molar-refractivity contribution < 1.29 is 9.53 Å². The molecule has 0 aromatic carbocycles. The van der Waals surface area contributed by atoms with Gasteiger partial charge in [0, 0.05) is 12.8 Å². The van der Waals surface area contributed by atoms with E-state index in [2.05, 4.69) is 46.8 Å². The minimum Gasteiger partial charge on any atom is -0.462 e. The summed E-state index contributed by atoms with van der Waals surface area (Å²) < 4.78 is 5.75. The van der Waals surface area contributed by atoms with Gasteiger partial charge in [-0.1, -0.05) is 51.0 Å². The van der Waals surface area contributed by atoms with Crippen molar-refractivity contribution in [3.05, 3.63) is 23.3 Å². The summed E-state index contributed by atoms with van der Waals surface area (Å²) in [5.74, 6) is 4.25. The largest absolute Gasteiger partial charge is 0.462 e. The predicted molar refractivity (Wildman–Crippen MR) is 129 cm³/mol. The molecule has 0 amide bonds. The van der Waals surface area contributed by atoms with Crippen LogP contribution in [0.25, 0.3) is 0 Å². The van der Waals surface area contributed by atoms with E-state index in [1.165, 1.54) is 50.5 Å². The maximum atomic E-state index is 11.8. The molecule has 0 aliphatic heterocycles. The summed E-state index contributed by atoms with van der Waals surface area (Å²) in [5.41, 5.74) is 3.95. The highest BCUT2D eigenvalue weighted by Gasteiger charge is 2.59. The summed E-state index contributed by atoms with van der Waals surface area (Å²) >= 11 is 0. The third-order valence-corrected chi connectivity index (χ3v) is 10.3. The van der Waals surface area contributed by atoms with E-state index in [0.29, 0.717) is 17.3 Å². The topological polar surface area (TPSA) is 26.3 Å². The van der Waals surface area contributed by atoms with Gasteiger partial charge in [-0.15, -0.1) is 0 Å². The summed E-state index contributed by atoms with van der Waals surface area (Å²) in [5, 5.41) is 0. The molecule has 0 radical (unpaired) electrons.